The second kappa shape index (κ2) is 3.69. The Hall–Kier alpha value is -0.310. The highest BCUT2D eigenvalue weighted by Gasteiger charge is 2.39. The lowest BCUT2D eigenvalue weighted by atomic mass is 10.1. The van der Waals surface area contributed by atoms with Gasteiger partial charge in [0.1, 0.15) is 5.15 Å². The maximum Gasteiger partial charge on any atom is 0.130 e. The molecule has 1 aliphatic rings. The van der Waals surface area contributed by atoms with Gasteiger partial charge >= 0.3 is 0 Å². The Balaban J connectivity index is 2.02. The molecule has 0 aliphatic heterocycles. The highest BCUT2D eigenvalue weighted by Crippen LogP contribution is 2.39. The summed E-state index contributed by atoms with van der Waals surface area (Å²) in [4.78, 5) is 3.96. The maximum atomic E-state index is 9.65. The van der Waals surface area contributed by atoms with Crippen LogP contribution in [0.25, 0.3) is 0 Å². The minimum atomic E-state index is -0.428. The molecule has 0 saturated heterocycles. The van der Waals surface area contributed by atoms with Gasteiger partial charge in [-0.1, -0.05) is 23.2 Å². The van der Waals surface area contributed by atoms with E-state index < -0.39 is 5.60 Å². The summed E-state index contributed by atoms with van der Waals surface area (Å²) in [6, 6.07) is 1.63. The molecule has 0 aromatic carbocycles. The number of halogens is 2. The minimum Gasteiger partial charge on any atom is -0.390 e. The first-order valence-corrected chi connectivity index (χ1v) is 5.37. The molecule has 0 atom stereocenters. The van der Waals surface area contributed by atoms with E-state index in [-0.39, 0.29) is 0 Å². The molecular weight excluding hydrogens is 221 g/mol. The third-order valence-electron chi connectivity index (χ3n) is 2.58. The van der Waals surface area contributed by atoms with Crippen LogP contribution < -0.4 is 0 Å². The predicted molar refractivity (Wildman–Crippen MR) is 56.8 cm³/mol. The van der Waals surface area contributed by atoms with Crippen LogP contribution in [0.1, 0.15) is 24.8 Å². The second-order valence-corrected chi connectivity index (χ2v) is 4.62. The number of nitrogens with zero attached hydrogens (tertiary/aromatic N) is 1. The molecule has 76 valence electrons. The summed E-state index contributed by atoms with van der Waals surface area (Å²) < 4.78 is 0. The molecule has 1 aromatic heterocycles. The number of rotatable bonds is 3. The van der Waals surface area contributed by atoms with Gasteiger partial charge in [-0.3, -0.25) is 0 Å². The second-order valence-electron chi connectivity index (χ2n) is 3.82. The number of pyridine rings is 1. The van der Waals surface area contributed by atoms with Crippen LogP contribution in [0.15, 0.2) is 12.3 Å². The molecule has 14 heavy (non-hydrogen) atoms. The van der Waals surface area contributed by atoms with Crippen LogP contribution in [0.2, 0.25) is 10.2 Å². The number of aliphatic hydroxyl groups is 1. The summed E-state index contributed by atoms with van der Waals surface area (Å²) in [5.74, 6) is 0. The van der Waals surface area contributed by atoms with Gasteiger partial charge in [-0.2, -0.15) is 0 Å². The molecule has 1 saturated carbocycles. The lowest BCUT2D eigenvalue weighted by molar-refractivity contribution is 0.140. The third kappa shape index (κ3) is 2.38. The Morgan fingerprint density at radius 3 is 2.71 bits per heavy atom. The molecule has 0 bridgehead atoms. The van der Waals surface area contributed by atoms with Gasteiger partial charge in [-0.25, -0.2) is 4.98 Å². The molecule has 1 fully saturated rings. The Labute approximate surface area is 92.9 Å². The number of hydrogen-bond donors (Lipinski definition) is 1. The quantitative estimate of drug-likeness (QED) is 0.813. The van der Waals surface area contributed by atoms with Crippen molar-refractivity contribution in [3.05, 3.63) is 28.0 Å². The molecule has 0 unspecified atom stereocenters. The van der Waals surface area contributed by atoms with Crippen LogP contribution >= 0.6 is 23.2 Å². The van der Waals surface area contributed by atoms with E-state index in [2.05, 4.69) is 4.98 Å². The van der Waals surface area contributed by atoms with Crippen LogP contribution in [-0.4, -0.2) is 15.7 Å². The SMILES string of the molecule is OC1(CCc2cnc(Cl)cc2Cl)CC1. The van der Waals surface area contributed by atoms with E-state index >= 15 is 0 Å². The van der Waals surface area contributed by atoms with Crippen molar-refractivity contribution in [2.45, 2.75) is 31.3 Å². The van der Waals surface area contributed by atoms with E-state index in [4.69, 9.17) is 23.2 Å². The van der Waals surface area contributed by atoms with E-state index in [1.807, 2.05) is 0 Å². The smallest absolute Gasteiger partial charge is 0.130 e. The Morgan fingerprint density at radius 2 is 2.14 bits per heavy atom. The number of hydrogen-bond acceptors (Lipinski definition) is 2. The highest BCUT2D eigenvalue weighted by atomic mass is 35.5. The topological polar surface area (TPSA) is 33.1 Å². The maximum absolute atomic E-state index is 9.65. The zero-order valence-electron chi connectivity index (χ0n) is 7.63. The van der Waals surface area contributed by atoms with Gasteiger partial charge in [0.2, 0.25) is 0 Å². The minimum absolute atomic E-state index is 0.406. The summed E-state index contributed by atoms with van der Waals surface area (Å²) in [7, 11) is 0. The third-order valence-corrected chi connectivity index (χ3v) is 3.14. The average molecular weight is 232 g/mol. The molecular formula is C10H11Cl2NO. The lowest BCUT2D eigenvalue weighted by Gasteiger charge is -2.08. The fourth-order valence-electron chi connectivity index (χ4n) is 1.38. The van der Waals surface area contributed by atoms with Gasteiger partial charge in [-0.05, 0) is 37.3 Å². The number of aromatic nitrogens is 1. The zero-order valence-corrected chi connectivity index (χ0v) is 9.15. The van der Waals surface area contributed by atoms with Crippen LogP contribution in [0.5, 0.6) is 0 Å². The Bertz CT molecular complexity index is 350. The lowest BCUT2D eigenvalue weighted by Crippen LogP contribution is -2.08. The van der Waals surface area contributed by atoms with E-state index in [1.54, 1.807) is 12.3 Å². The highest BCUT2D eigenvalue weighted by molar-refractivity contribution is 6.34. The first-order chi connectivity index (χ1) is 6.59. The first kappa shape index (κ1) is 10.2. The van der Waals surface area contributed by atoms with Crippen molar-refractivity contribution in [2.75, 3.05) is 0 Å². The zero-order chi connectivity index (χ0) is 10.2. The van der Waals surface area contributed by atoms with Gasteiger partial charge in [-0.15, -0.1) is 0 Å². The summed E-state index contributed by atoms with van der Waals surface area (Å²) in [6.45, 7) is 0. The van der Waals surface area contributed by atoms with E-state index in [1.165, 1.54) is 0 Å². The largest absolute Gasteiger partial charge is 0.390 e. The van der Waals surface area contributed by atoms with Crippen LogP contribution in [0, 0.1) is 0 Å². The Kier molecular flexibility index (Phi) is 2.69. The first-order valence-electron chi connectivity index (χ1n) is 4.61. The van der Waals surface area contributed by atoms with Gasteiger partial charge < -0.3 is 5.11 Å². The van der Waals surface area contributed by atoms with Gasteiger partial charge in [0, 0.05) is 11.2 Å². The van der Waals surface area contributed by atoms with Crippen molar-refractivity contribution in [3.63, 3.8) is 0 Å². The summed E-state index contributed by atoms with van der Waals surface area (Å²) in [5.41, 5.74) is 0.527. The summed E-state index contributed by atoms with van der Waals surface area (Å²) in [5, 5.41) is 10.7. The number of aryl methyl sites for hydroxylation is 1. The van der Waals surface area contributed by atoms with Crippen LogP contribution in [-0.2, 0) is 6.42 Å². The van der Waals surface area contributed by atoms with Crippen LogP contribution in [0.4, 0.5) is 0 Å². The van der Waals surface area contributed by atoms with E-state index in [9.17, 15) is 5.11 Å². The molecule has 1 aromatic rings. The normalized spacial score (nSPS) is 18.2. The molecule has 2 nitrogen and oxygen atoms in total. The molecule has 0 amide bonds. The molecule has 4 heteroatoms. The van der Waals surface area contributed by atoms with Crippen molar-refractivity contribution in [1.29, 1.82) is 0 Å². The molecule has 1 aliphatic carbocycles. The molecule has 2 rings (SSSR count). The average Bonchev–Trinajstić information content (AvgIpc) is 2.83. The fourth-order valence-corrected chi connectivity index (χ4v) is 1.84. The fraction of sp³-hybridized carbons (Fsp3) is 0.500. The van der Waals surface area contributed by atoms with Crippen LogP contribution in [0.3, 0.4) is 0 Å². The molecule has 1 heterocycles. The molecule has 0 spiro atoms. The van der Waals surface area contributed by atoms with Crippen molar-refractivity contribution in [1.82, 2.24) is 4.98 Å². The molecule has 1 N–H and O–H groups in total. The van der Waals surface area contributed by atoms with Crippen molar-refractivity contribution >= 4 is 23.2 Å². The van der Waals surface area contributed by atoms with E-state index in [0.717, 1.165) is 31.2 Å². The van der Waals surface area contributed by atoms with E-state index in [0.29, 0.717) is 10.2 Å². The monoisotopic (exact) mass is 231 g/mol. The Morgan fingerprint density at radius 1 is 1.43 bits per heavy atom. The van der Waals surface area contributed by atoms with Gasteiger partial charge in [0.15, 0.2) is 0 Å². The van der Waals surface area contributed by atoms with Crippen molar-refractivity contribution in [3.8, 4) is 0 Å². The summed E-state index contributed by atoms with van der Waals surface area (Å²) >= 11 is 11.6. The standard InChI is InChI=1S/C10H11Cl2NO/c11-8-5-9(12)13-6-7(8)1-2-10(14)3-4-10/h5-6,14H,1-4H2. The predicted octanol–water partition coefficient (Wildman–Crippen LogP) is 2.85. The van der Waals surface area contributed by atoms with Gasteiger partial charge in [0.25, 0.3) is 0 Å². The summed E-state index contributed by atoms with van der Waals surface area (Å²) in [6.07, 6.45) is 5.02. The van der Waals surface area contributed by atoms with Gasteiger partial charge in [0.05, 0.1) is 5.60 Å². The van der Waals surface area contributed by atoms with Crippen molar-refractivity contribution < 1.29 is 5.11 Å². The van der Waals surface area contributed by atoms with Crippen molar-refractivity contribution in [2.24, 2.45) is 0 Å². The molecule has 0 radical (unpaired) electrons.